The van der Waals surface area contributed by atoms with Crippen molar-refractivity contribution in [2.75, 3.05) is 19.4 Å². The maximum atomic E-state index is 12.6. The van der Waals surface area contributed by atoms with Gasteiger partial charge in [-0.25, -0.2) is 0 Å². The second-order valence-corrected chi connectivity index (χ2v) is 6.04. The number of anilines is 1. The van der Waals surface area contributed by atoms with Gasteiger partial charge in [0.25, 0.3) is 0 Å². The fourth-order valence-corrected chi connectivity index (χ4v) is 2.48. The standard InChI is InChI=1S/C19H24N2O/c1-14(2)15-10-12-17(13-11-15)20-19(22)18(21(3)4)16-8-6-5-7-9-16/h5-14,18H,1-4H3,(H,20,22)/t18-/m0/s1. The van der Waals surface area contributed by atoms with E-state index in [-0.39, 0.29) is 11.9 Å². The molecular formula is C19H24N2O. The van der Waals surface area contributed by atoms with Gasteiger partial charge in [-0.3, -0.25) is 9.69 Å². The Morgan fingerprint density at radius 1 is 0.909 bits per heavy atom. The van der Waals surface area contributed by atoms with Crippen LogP contribution < -0.4 is 5.32 Å². The van der Waals surface area contributed by atoms with Crippen molar-refractivity contribution in [1.29, 1.82) is 0 Å². The van der Waals surface area contributed by atoms with E-state index >= 15 is 0 Å². The minimum absolute atomic E-state index is 0.0199. The molecule has 0 bridgehead atoms. The van der Waals surface area contributed by atoms with Crippen LogP contribution in [-0.4, -0.2) is 24.9 Å². The van der Waals surface area contributed by atoms with Crippen LogP contribution in [0.5, 0.6) is 0 Å². The van der Waals surface area contributed by atoms with Crippen molar-refractivity contribution >= 4 is 11.6 Å². The normalized spacial score (nSPS) is 12.5. The van der Waals surface area contributed by atoms with Crippen molar-refractivity contribution in [1.82, 2.24) is 4.90 Å². The highest BCUT2D eigenvalue weighted by Crippen LogP contribution is 2.22. The number of amides is 1. The number of likely N-dealkylation sites (N-methyl/N-ethyl adjacent to an activating group) is 1. The first-order valence-electron chi connectivity index (χ1n) is 7.61. The molecule has 22 heavy (non-hydrogen) atoms. The number of hydrogen-bond donors (Lipinski definition) is 1. The van der Waals surface area contributed by atoms with E-state index < -0.39 is 0 Å². The molecule has 3 heteroatoms. The number of nitrogens with one attached hydrogen (secondary N) is 1. The number of carbonyl (C=O) groups excluding carboxylic acids is 1. The van der Waals surface area contributed by atoms with Gasteiger partial charge in [-0.2, -0.15) is 0 Å². The van der Waals surface area contributed by atoms with Gasteiger partial charge in [-0.15, -0.1) is 0 Å². The van der Waals surface area contributed by atoms with Gasteiger partial charge in [0.15, 0.2) is 0 Å². The average molecular weight is 296 g/mol. The van der Waals surface area contributed by atoms with Gasteiger partial charge < -0.3 is 5.32 Å². The molecule has 0 saturated carbocycles. The monoisotopic (exact) mass is 296 g/mol. The van der Waals surface area contributed by atoms with Crippen LogP contribution in [0.2, 0.25) is 0 Å². The minimum atomic E-state index is -0.300. The Morgan fingerprint density at radius 2 is 1.50 bits per heavy atom. The molecule has 1 N–H and O–H groups in total. The number of carbonyl (C=O) groups is 1. The first-order valence-corrected chi connectivity index (χ1v) is 7.61. The fourth-order valence-electron chi connectivity index (χ4n) is 2.48. The third-order valence-electron chi connectivity index (χ3n) is 3.72. The Morgan fingerprint density at radius 3 is 2.00 bits per heavy atom. The molecule has 0 saturated heterocycles. The summed E-state index contributed by atoms with van der Waals surface area (Å²) in [5, 5.41) is 3.01. The van der Waals surface area contributed by atoms with E-state index in [4.69, 9.17) is 0 Å². The summed E-state index contributed by atoms with van der Waals surface area (Å²) in [7, 11) is 3.83. The summed E-state index contributed by atoms with van der Waals surface area (Å²) in [6, 6.07) is 17.6. The first kappa shape index (κ1) is 16.2. The Kier molecular flexibility index (Phi) is 5.34. The highest BCUT2D eigenvalue weighted by molar-refractivity contribution is 5.95. The van der Waals surface area contributed by atoms with Crippen molar-refractivity contribution < 1.29 is 4.79 Å². The summed E-state index contributed by atoms with van der Waals surface area (Å²) in [6.07, 6.45) is 0. The lowest BCUT2D eigenvalue weighted by Crippen LogP contribution is -2.32. The second-order valence-electron chi connectivity index (χ2n) is 6.04. The van der Waals surface area contributed by atoms with Gasteiger partial charge in [0.05, 0.1) is 0 Å². The summed E-state index contributed by atoms with van der Waals surface area (Å²) in [5.41, 5.74) is 3.09. The van der Waals surface area contributed by atoms with Crippen LogP contribution in [0.15, 0.2) is 54.6 Å². The summed E-state index contributed by atoms with van der Waals surface area (Å²) in [4.78, 5) is 14.5. The van der Waals surface area contributed by atoms with E-state index in [2.05, 4.69) is 31.3 Å². The first-order chi connectivity index (χ1) is 10.5. The van der Waals surface area contributed by atoms with E-state index in [1.54, 1.807) is 0 Å². The van der Waals surface area contributed by atoms with Crippen molar-refractivity contribution in [2.24, 2.45) is 0 Å². The van der Waals surface area contributed by atoms with Crippen LogP contribution >= 0.6 is 0 Å². The summed E-state index contributed by atoms with van der Waals surface area (Å²) in [6.45, 7) is 4.32. The maximum Gasteiger partial charge on any atom is 0.246 e. The smallest absolute Gasteiger partial charge is 0.246 e. The van der Waals surface area contributed by atoms with E-state index in [0.717, 1.165) is 11.3 Å². The number of benzene rings is 2. The molecule has 2 aromatic carbocycles. The molecule has 116 valence electrons. The van der Waals surface area contributed by atoms with Crippen LogP contribution in [0.1, 0.15) is 36.9 Å². The van der Waals surface area contributed by atoms with Crippen LogP contribution in [0.4, 0.5) is 5.69 Å². The maximum absolute atomic E-state index is 12.6. The lowest BCUT2D eigenvalue weighted by atomic mass is 10.0. The number of rotatable bonds is 5. The topological polar surface area (TPSA) is 32.3 Å². The van der Waals surface area contributed by atoms with Gasteiger partial charge in [0.2, 0.25) is 5.91 Å². The second kappa shape index (κ2) is 7.23. The van der Waals surface area contributed by atoms with Gasteiger partial charge in [-0.1, -0.05) is 56.3 Å². The van der Waals surface area contributed by atoms with Gasteiger partial charge in [-0.05, 0) is 43.3 Å². The predicted octanol–water partition coefficient (Wildman–Crippen LogP) is 4.05. The Hall–Kier alpha value is -2.13. The van der Waals surface area contributed by atoms with E-state index in [1.807, 2.05) is 61.5 Å². The zero-order valence-corrected chi connectivity index (χ0v) is 13.7. The molecule has 2 aromatic rings. The average Bonchev–Trinajstić information content (AvgIpc) is 2.48. The highest BCUT2D eigenvalue weighted by Gasteiger charge is 2.22. The van der Waals surface area contributed by atoms with E-state index in [0.29, 0.717) is 5.92 Å². The van der Waals surface area contributed by atoms with Crippen molar-refractivity contribution in [3.8, 4) is 0 Å². The molecular weight excluding hydrogens is 272 g/mol. The lowest BCUT2D eigenvalue weighted by molar-refractivity contribution is -0.120. The van der Waals surface area contributed by atoms with Crippen LogP contribution in [-0.2, 0) is 4.79 Å². The molecule has 1 atom stereocenters. The molecule has 1 amide bonds. The van der Waals surface area contributed by atoms with Crippen LogP contribution in [0.25, 0.3) is 0 Å². The molecule has 0 aliphatic heterocycles. The van der Waals surface area contributed by atoms with Crippen LogP contribution in [0, 0.1) is 0 Å². The summed E-state index contributed by atoms with van der Waals surface area (Å²) in [5.74, 6) is 0.470. The zero-order chi connectivity index (χ0) is 16.1. The molecule has 0 aliphatic rings. The number of hydrogen-bond acceptors (Lipinski definition) is 2. The third kappa shape index (κ3) is 3.95. The largest absolute Gasteiger partial charge is 0.324 e. The summed E-state index contributed by atoms with van der Waals surface area (Å²) >= 11 is 0. The van der Waals surface area contributed by atoms with E-state index in [1.165, 1.54) is 5.56 Å². The Labute approximate surface area is 133 Å². The van der Waals surface area contributed by atoms with E-state index in [9.17, 15) is 4.79 Å². The Bertz CT molecular complexity index is 603. The molecule has 0 aliphatic carbocycles. The highest BCUT2D eigenvalue weighted by atomic mass is 16.2. The lowest BCUT2D eigenvalue weighted by Gasteiger charge is -2.24. The van der Waals surface area contributed by atoms with Gasteiger partial charge in [0, 0.05) is 5.69 Å². The van der Waals surface area contributed by atoms with Crippen LogP contribution in [0.3, 0.4) is 0 Å². The molecule has 3 nitrogen and oxygen atoms in total. The molecule has 0 heterocycles. The molecule has 0 spiro atoms. The van der Waals surface area contributed by atoms with Crippen molar-refractivity contribution in [3.63, 3.8) is 0 Å². The summed E-state index contributed by atoms with van der Waals surface area (Å²) < 4.78 is 0. The zero-order valence-electron chi connectivity index (χ0n) is 13.7. The molecule has 0 radical (unpaired) electrons. The van der Waals surface area contributed by atoms with Gasteiger partial charge >= 0.3 is 0 Å². The molecule has 2 rings (SSSR count). The SMILES string of the molecule is CC(C)c1ccc(NC(=O)[C@H](c2ccccc2)N(C)C)cc1. The van der Waals surface area contributed by atoms with Crippen molar-refractivity contribution in [3.05, 3.63) is 65.7 Å². The quantitative estimate of drug-likeness (QED) is 0.902. The molecule has 0 aromatic heterocycles. The third-order valence-corrected chi connectivity index (χ3v) is 3.72. The molecule has 0 unspecified atom stereocenters. The van der Waals surface area contributed by atoms with Crippen molar-refractivity contribution in [2.45, 2.75) is 25.8 Å². The minimum Gasteiger partial charge on any atom is -0.324 e. The predicted molar refractivity (Wildman–Crippen MR) is 92.0 cm³/mol. The molecule has 0 fully saturated rings. The fraction of sp³-hybridized carbons (Fsp3) is 0.316. The van der Waals surface area contributed by atoms with Gasteiger partial charge in [0.1, 0.15) is 6.04 Å². The number of nitrogens with zero attached hydrogens (tertiary/aromatic N) is 1. The Balaban J connectivity index is 2.15.